The van der Waals surface area contributed by atoms with E-state index in [0.717, 1.165) is 27.5 Å². The molecule has 154 valence electrons. The zero-order chi connectivity index (χ0) is 21.4. The standard InChI is InChI=1S/C23H17ClN4O3/c24-17-6-8-22(21(12-17)28-25-18-3-1-2-4-19(18)26-28)31-14-15-5-7-20-16(11-15)9-10-27(20)13-23(29)30/h1-12H,13-14H2,(H,29,30). The molecule has 0 radical (unpaired) electrons. The molecule has 0 unspecified atom stereocenters. The number of nitrogens with zero attached hydrogens (tertiary/aromatic N) is 4. The SMILES string of the molecule is O=C(O)Cn1ccc2cc(COc3ccc(Cl)cc3-n3nc4ccccc4n3)ccc21. The molecule has 1 N–H and O–H groups in total. The van der Waals surface area contributed by atoms with Gasteiger partial charge in [-0.2, -0.15) is 0 Å². The number of aliphatic carboxylic acids is 1. The average molecular weight is 433 g/mol. The number of hydrogen-bond donors (Lipinski definition) is 1. The van der Waals surface area contributed by atoms with Gasteiger partial charge in [0.2, 0.25) is 0 Å². The number of rotatable bonds is 6. The van der Waals surface area contributed by atoms with Gasteiger partial charge in [0.1, 0.15) is 35.6 Å². The summed E-state index contributed by atoms with van der Waals surface area (Å²) in [6.07, 6.45) is 1.77. The molecule has 0 aliphatic carbocycles. The Bertz CT molecular complexity index is 1390. The van der Waals surface area contributed by atoms with Crippen LogP contribution in [-0.4, -0.2) is 30.6 Å². The van der Waals surface area contributed by atoms with E-state index in [9.17, 15) is 4.79 Å². The van der Waals surface area contributed by atoms with Crippen LogP contribution in [0, 0.1) is 0 Å². The number of halogens is 1. The number of aromatic nitrogens is 4. The van der Waals surface area contributed by atoms with Gasteiger partial charge >= 0.3 is 5.97 Å². The third-order valence-electron chi connectivity index (χ3n) is 4.96. The van der Waals surface area contributed by atoms with E-state index < -0.39 is 5.97 Å². The Hall–Kier alpha value is -3.84. The molecule has 0 saturated carbocycles. The van der Waals surface area contributed by atoms with Crippen LogP contribution in [0.3, 0.4) is 0 Å². The molecule has 0 spiro atoms. The normalized spacial score (nSPS) is 11.3. The van der Waals surface area contributed by atoms with E-state index in [1.54, 1.807) is 29.0 Å². The Balaban J connectivity index is 1.42. The minimum atomic E-state index is -0.875. The van der Waals surface area contributed by atoms with E-state index in [1.165, 1.54) is 4.80 Å². The first-order valence-electron chi connectivity index (χ1n) is 9.61. The van der Waals surface area contributed by atoms with Crippen molar-refractivity contribution in [1.82, 2.24) is 19.6 Å². The van der Waals surface area contributed by atoms with Gasteiger partial charge in [-0.15, -0.1) is 15.0 Å². The fraction of sp³-hybridized carbons (Fsp3) is 0.0870. The summed E-state index contributed by atoms with van der Waals surface area (Å²) >= 11 is 6.22. The predicted molar refractivity (Wildman–Crippen MR) is 118 cm³/mol. The lowest BCUT2D eigenvalue weighted by atomic mass is 10.1. The van der Waals surface area contributed by atoms with Crippen molar-refractivity contribution in [1.29, 1.82) is 0 Å². The second kappa shape index (κ2) is 7.77. The van der Waals surface area contributed by atoms with E-state index in [0.29, 0.717) is 23.1 Å². The number of carboxylic acid groups (broad SMARTS) is 1. The molecule has 2 heterocycles. The van der Waals surface area contributed by atoms with E-state index >= 15 is 0 Å². The second-order valence-electron chi connectivity index (χ2n) is 7.11. The molecule has 7 nitrogen and oxygen atoms in total. The van der Waals surface area contributed by atoms with Crippen molar-refractivity contribution in [3.8, 4) is 11.4 Å². The van der Waals surface area contributed by atoms with Crippen molar-refractivity contribution in [2.45, 2.75) is 13.2 Å². The van der Waals surface area contributed by atoms with Gasteiger partial charge in [-0.05, 0) is 59.5 Å². The van der Waals surface area contributed by atoms with Crippen LogP contribution in [0.2, 0.25) is 5.02 Å². The van der Waals surface area contributed by atoms with Crippen LogP contribution >= 0.6 is 11.6 Å². The fourth-order valence-corrected chi connectivity index (χ4v) is 3.69. The molecule has 5 rings (SSSR count). The quantitative estimate of drug-likeness (QED) is 0.421. The van der Waals surface area contributed by atoms with Gasteiger partial charge in [0, 0.05) is 16.7 Å². The van der Waals surface area contributed by atoms with Gasteiger partial charge in [0.25, 0.3) is 0 Å². The highest BCUT2D eigenvalue weighted by Crippen LogP contribution is 2.28. The Morgan fingerprint density at radius 2 is 1.77 bits per heavy atom. The highest BCUT2D eigenvalue weighted by atomic mass is 35.5. The summed E-state index contributed by atoms with van der Waals surface area (Å²) in [5.74, 6) is -0.270. The average Bonchev–Trinajstić information content (AvgIpc) is 3.36. The van der Waals surface area contributed by atoms with Crippen molar-refractivity contribution in [2.24, 2.45) is 0 Å². The smallest absolute Gasteiger partial charge is 0.323 e. The highest BCUT2D eigenvalue weighted by Gasteiger charge is 2.12. The molecule has 8 heteroatoms. The van der Waals surface area contributed by atoms with Crippen molar-refractivity contribution in [3.05, 3.63) is 83.5 Å². The number of carbonyl (C=O) groups is 1. The number of ether oxygens (including phenoxy) is 1. The minimum Gasteiger partial charge on any atom is -0.487 e. The van der Waals surface area contributed by atoms with E-state index in [4.69, 9.17) is 21.4 Å². The number of carboxylic acids is 1. The van der Waals surface area contributed by atoms with Gasteiger partial charge in [0.15, 0.2) is 0 Å². The van der Waals surface area contributed by atoms with Crippen LogP contribution in [0.25, 0.3) is 27.6 Å². The second-order valence-corrected chi connectivity index (χ2v) is 7.55. The summed E-state index contributed by atoms with van der Waals surface area (Å²) < 4.78 is 7.79. The van der Waals surface area contributed by atoms with Crippen LogP contribution < -0.4 is 4.74 Å². The highest BCUT2D eigenvalue weighted by molar-refractivity contribution is 6.30. The molecule has 0 aliphatic heterocycles. The Morgan fingerprint density at radius 3 is 2.52 bits per heavy atom. The maximum absolute atomic E-state index is 11.0. The maximum atomic E-state index is 11.0. The summed E-state index contributed by atoms with van der Waals surface area (Å²) in [6, 6.07) is 20.7. The third kappa shape index (κ3) is 3.83. The van der Waals surface area contributed by atoms with Crippen LogP contribution in [0.1, 0.15) is 5.56 Å². The zero-order valence-electron chi connectivity index (χ0n) is 16.3. The first-order valence-corrected chi connectivity index (χ1v) is 9.99. The molecule has 0 amide bonds. The zero-order valence-corrected chi connectivity index (χ0v) is 17.0. The summed E-state index contributed by atoms with van der Waals surface area (Å²) in [5, 5.41) is 19.6. The van der Waals surface area contributed by atoms with E-state index in [1.807, 2.05) is 48.5 Å². The summed E-state index contributed by atoms with van der Waals surface area (Å²) in [5.41, 5.74) is 4.04. The molecule has 0 saturated heterocycles. The lowest BCUT2D eigenvalue weighted by Crippen LogP contribution is -2.07. The number of benzene rings is 3. The van der Waals surface area contributed by atoms with E-state index in [2.05, 4.69) is 10.2 Å². The van der Waals surface area contributed by atoms with Gasteiger partial charge < -0.3 is 14.4 Å². The fourth-order valence-electron chi connectivity index (χ4n) is 3.52. The molecule has 2 aromatic heterocycles. The maximum Gasteiger partial charge on any atom is 0.323 e. The van der Waals surface area contributed by atoms with Crippen molar-refractivity contribution in [2.75, 3.05) is 0 Å². The molecule has 0 aliphatic rings. The van der Waals surface area contributed by atoms with Gasteiger partial charge in [-0.3, -0.25) is 4.79 Å². The first-order chi connectivity index (χ1) is 15.1. The topological polar surface area (TPSA) is 82.2 Å². The molecule has 3 aromatic carbocycles. The van der Waals surface area contributed by atoms with Crippen LogP contribution in [0.5, 0.6) is 5.75 Å². The molecule has 0 atom stereocenters. The van der Waals surface area contributed by atoms with Crippen LogP contribution in [-0.2, 0) is 17.9 Å². The molecule has 0 fully saturated rings. The lowest BCUT2D eigenvalue weighted by Gasteiger charge is -2.11. The van der Waals surface area contributed by atoms with Crippen LogP contribution in [0.4, 0.5) is 0 Å². The summed E-state index contributed by atoms with van der Waals surface area (Å²) in [6.45, 7) is 0.258. The number of fused-ring (bicyclic) bond motifs is 2. The van der Waals surface area contributed by atoms with Crippen molar-refractivity contribution < 1.29 is 14.6 Å². The molecule has 31 heavy (non-hydrogen) atoms. The lowest BCUT2D eigenvalue weighted by molar-refractivity contribution is -0.137. The van der Waals surface area contributed by atoms with Gasteiger partial charge in [-0.1, -0.05) is 29.8 Å². The summed E-state index contributed by atoms with van der Waals surface area (Å²) in [4.78, 5) is 12.5. The molecular weight excluding hydrogens is 416 g/mol. The van der Waals surface area contributed by atoms with Crippen molar-refractivity contribution in [3.63, 3.8) is 0 Å². The molecular formula is C23H17ClN4O3. The molecule has 5 aromatic rings. The van der Waals surface area contributed by atoms with Gasteiger partial charge in [-0.25, -0.2) is 0 Å². The first kappa shape index (κ1) is 19.1. The largest absolute Gasteiger partial charge is 0.487 e. The van der Waals surface area contributed by atoms with E-state index in [-0.39, 0.29) is 6.54 Å². The Labute approximate surface area is 182 Å². The Morgan fingerprint density at radius 1 is 1.00 bits per heavy atom. The van der Waals surface area contributed by atoms with Crippen molar-refractivity contribution >= 4 is 39.5 Å². The summed E-state index contributed by atoms with van der Waals surface area (Å²) in [7, 11) is 0. The monoisotopic (exact) mass is 432 g/mol. The molecule has 0 bridgehead atoms. The number of hydrogen-bond acceptors (Lipinski definition) is 4. The Kier molecular flexibility index (Phi) is 4.80. The minimum absolute atomic E-state index is 0.0707. The third-order valence-corrected chi connectivity index (χ3v) is 5.19. The van der Waals surface area contributed by atoms with Gasteiger partial charge in [0.05, 0.1) is 0 Å². The van der Waals surface area contributed by atoms with Crippen LogP contribution in [0.15, 0.2) is 72.9 Å². The predicted octanol–water partition coefficient (Wildman–Crippen LogP) is 4.69.